The van der Waals surface area contributed by atoms with Gasteiger partial charge in [-0.25, -0.2) is 8.78 Å². The van der Waals surface area contributed by atoms with E-state index in [2.05, 4.69) is 0 Å². The third kappa shape index (κ3) is 3.58. The SMILES string of the molecule is CC1CN(CC(=O)c2ccc(F)c(F)c2)CC(C)O1. The van der Waals surface area contributed by atoms with Crippen LogP contribution in [0, 0.1) is 11.6 Å². The lowest BCUT2D eigenvalue weighted by atomic mass is 10.1. The third-order valence-corrected chi connectivity index (χ3v) is 3.10. The molecule has 1 aromatic carbocycles. The third-order valence-electron chi connectivity index (χ3n) is 3.10. The molecule has 2 atom stereocenters. The van der Waals surface area contributed by atoms with E-state index in [0.717, 1.165) is 12.1 Å². The number of Topliss-reactive ketones (excluding diaryl/α,β-unsaturated/α-hetero) is 1. The first-order valence-electron chi connectivity index (χ1n) is 6.31. The number of carbonyl (C=O) groups excluding carboxylic acids is 1. The molecule has 0 amide bonds. The van der Waals surface area contributed by atoms with E-state index in [-0.39, 0.29) is 30.1 Å². The molecule has 5 heteroatoms. The van der Waals surface area contributed by atoms with Crippen LogP contribution >= 0.6 is 0 Å². The average Bonchev–Trinajstić information content (AvgIpc) is 2.31. The molecule has 0 spiro atoms. The number of halogens is 2. The van der Waals surface area contributed by atoms with Gasteiger partial charge in [0.25, 0.3) is 0 Å². The Morgan fingerprint density at radius 3 is 2.47 bits per heavy atom. The highest BCUT2D eigenvalue weighted by atomic mass is 19.2. The first kappa shape index (κ1) is 14.1. The van der Waals surface area contributed by atoms with E-state index in [0.29, 0.717) is 13.1 Å². The molecule has 0 aromatic heterocycles. The fourth-order valence-electron chi connectivity index (χ4n) is 2.38. The van der Waals surface area contributed by atoms with Crippen molar-refractivity contribution in [3.8, 4) is 0 Å². The van der Waals surface area contributed by atoms with E-state index >= 15 is 0 Å². The summed E-state index contributed by atoms with van der Waals surface area (Å²) in [7, 11) is 0. The van der Waals surface area contributed by atoms with Crippen molar-refractivity contribution < 1.29 is 18.3 Å². The van der Waals surface area contributed by atoms with Gasteiger partial charge in [-0.05, 0) is 32.0 Å². The van der Waals surface area contributed by atoms with E-state index in [1.165, 1.54) is 6.07 Å². The zero-order valence-corrected chi connectivity index (χ0v) is 11.0. The molecule has 1 aliphatic heterocycles. The largest absolute Gasteiger partial charge is 0.373 e. The number of hydrogen-bond acceptors (Lipinski definition) is 3. The summed E-state index contributed by atoms with van der Waals surface area (Å²) < 4.78 is 31.5. The second-order valence-electron chi connectivity index (χ2n) is 5.00. The number of rotatable bonds is 3. The van der Waals surface area contributed by atoms with Crippen LogP contribution in [0.3, 0.4) is 0 Å². The molecule has 0 aliphatic carbocycles. The van der Waals surface area contributed by atoms with Gasteiger partial charge in [0, 0.05) is 18.7 Å². The number of nitrogens with zero attached hydrogens (tertiary/aromatic N) is 1. The highest BCUT2D eigenvalue weighted by Gasteiger charge is 2.24. The minimum absolute atomic E-state index is 0.0708. The molecule has 0 saturated carbocycles. The Balaban J connectivity index is 2.02. The van der Waals surface area contributed by atoms with Crippen molar-refractivity contribution >= 4 is 5.78 Å². The van der Waals surface area contributed by atoms with Crippen molar-refractivity contribution in [1.29, 1.82) is 0 Å². The first-order chi connectivity index (χ1) is 8.95. The van der Waals surface area contributed by atoms with E-state index in [4.69, 9.17) is 4.74 Å². The molecule has 19 heavy (non-hydrogen) atoms. The molecule has 1 saturated heterocycles. The average molecular weight is 269 g/mol. The van der Waals surface area contributed by atoms with Crippen LogP contribution in [0.5, 0.6) is 0 Å². The van der Waals surface area contributed by atoms with Gasteiger partial charge in [0.1, 0.15) is 0 Å². The number of benzene rings is 1. The predicted octanol–water partition coefficient (Wildman–Crippen LogP) is 2.26. The van der Waals surface area contributed by atoms with Crippen molar-refractivity contribution in [2.24, 2.45) is 0 Å². The fraction of sp³-hybridized carbons (Fsp3) is 0.500. The molecule has 2 rings (SSSR count). The normalized spacial score (nSPS) is 24.4. The predicted molar refractivity (Wildman–Crippen MR) is 67.1 cm³/mol. The molecule has 3 nitrogen and oxygen atoms in total. The number of morpholine rings is 1. The maximum Gasteiger partial charge on any atom is 0.176 e. The Morgan fingerprint density at radius 2 is 1.89 bits per heavy atom. The van der Waals surface area contributed by atoms with Gasteiger partial charge in [-0.2, -0.15) is 0 Å². The number of carbonyl (C=O) groups is 1. The molecule has 1 heterocycles. The Morgan fingerprint density at radius 1 is 1.26 bits per heavy atom. The maximum absolute atomic E-state index is 13.1. The van der Waals surface area contributed by atoms with Crippen molar-refractivity contribution in [2.45, 2.75) is 26.1 Å². The van der Waals surface area contributed by atoms with Gasteiger partial charge in [0.15, 0.2) is 17.4 Å². The Labute approximate surface area is 111 Å². The summed E-state index contributed by atoms with van der Waals surface area (Å²) in [5.41, 5.74) is 0.200. The smallest absolute Gasteiger partial charge is 0.176 e. The molecule has 1 aromatic rings. The van der Waals surface area contributed by atoms with E-state index in [9.17, 15) is 13.6 Å². The lowest BCUT2D eigenvalue weighted by Crippen LogP contribution is -2.47. The lowest BCUT2D eigenvalue weighted by molar-refractivity contribution is -0.0652. The van der Waals surface area contributed by atoms with Crippen molar-refractivity contribution in [3.63, 3.8) is 0 Å². The topological polar surface area (TPSA) is 29.5 Å². The van der Waals surface area contributed by atoms with Gasteiger partial charge in [-0.3, -0.25) is 9.69 Å². The minimum Gasteiger partial charge on any atom is -0.373 e. The Bertz CT molecular complexity index is 469. The van der Waals surface area contributed by atoms with Gasteiger partial charge in [0.05, 0.1) is 18.8 Å². The van der Waals surface area contributed by atoms with Gasteiger partial charge in [-0.1, -0.05) is 0 Å². The quantitative estimate of drug-likeness (QED) is 0.788. The Kier molecular flexibility index (Phi) is 4.27. The fourth-order valence-corrected chi connectivity index (χ4v) is 2.38. The summed E-state index contributed by atoms with van der Waals surface area (Å²) in [5.74, 6) is -2.14. The minimum atomic E-state index is -0.991. The molecule has 0 bridgehead atoms. The summed E-state index contributed by atoms with van der Waals surface area (Å²) in [6, 6.07) is 3.24. The van der Waals surface area contributed by atoms with Gasteiger partial charge in [-0.15, -0.1) is 0 Å². The van der Waals surface area contributed by atoms with Crippen LogP contribution < -0.4 is 0 Å². The van der Waals surface area contributed by atoms with Crippen LogP contribution in [-0.2, 0) is 4.74 Å². The Hall–Kier alpha value is -1.33. The summed E-state index contributed by atoms with van der Waals surface area (Å²) in [6.07, 6.45) is 0.142. The van der Waals surface area contributed by atoms with E-state index in [1.54, 1.807) is 0 Å². The van der Waals surface area contributed by atoms with Crippen LogP contribution in [0.2, 0.25) is 0 Å². The van der Waals surface area contributed by atoms with Crippen LogP contribution in [0.15, 0.2) is 18.2 Å². The molecular weight excluding hydrogens is 252 g/mol. The van der Waals surface area contributed by atoms with Crippen molar-refractivity contribution in [2.75, 3.05) is 19.6 Å². The summed E-state index contributed by atoms with van der Waals surface area (Å²) in [6.45, 7) is 5.43. The molecule has 2 unspecified atom stereocenters. The van der Waals surface area contributed by atoms with E-state index < -0.39 is 11.6 Å². The van der Waals surface area contributed by atoms with E-state index in [1.807, 2.05) is 18.7 Å². The van der Waals surface area contributed by atoms with Crippen LogP contribution in [0.1, 0.15) is 24.2 Å². The highest BCUT2D eigenvalue weighted by molar-refractivity contribution is 5.97. The molecule has 1 fully saturated rings. The van der Waals surface area contributed by atoms with Gasteiger partial charge < -0.3 is 4.74 Å². The maximum atomic E-state index is 13.1. The molecule has 1 aliphatic rings. The van der Waals surface area contributed by atoms with Crippen LogP contribution in [-0.4, -0.2) is 42.5 Å². The van der Waals surface area contributed by atoms with Crippen molar-refractivity contribution in [1.82, 2.24) is 4.90 Å². The highest BCUT2D eigenvalue weighted by Crippen LogP contribution is 2.13. The molecular formula is C14H17F2NO2. The number of ketones is 1. The summed E-state index contributed by atoms with van der Waals surface area (Å²) in [4.78, 5) is 14.0. The molecule has 104 valence electrons. The number of hydrogen-bond donors (Lipinski definition) is 0. The number of ether oxygens (including phenoxy) is 1. The zero-order chi connectivity index (χ0) is 14.0. The molecule has 0 N–H and O–H groups in total. The van der Waals surface area contributed by atoms with Gasteiger partial charge in [0.2, 0.25) is 0 Å². The van der Waals surface area contributed by atoms with Crippen LogP contribution in [0.25, 0.3) is 0 Å². The lowest BCUT2D eigenvalue weighted by Gasteiger charge is -2.34. The van der Waals surface area contributed by atoms with Gasteiger partial charge >= 0.3 is 0 Å². The zero-order valence-electron chi connectivity index (χ0n) is 11.0. The van der Waals surface area contributed by atoms with Crippen molar-refractivity contribution in [3.05, 3.63) is 35.4 Å². The summed E-state index contributed by atoms with van der Waals surface area (Å²) >= 11 is 0. The molecule has 0 radical (unpaired) electrons. The first-order valence-corrected chi connectivity index (χ1v) is 6.31. The van der Waals surface area contributed by atoms with Crippen LogP contribution in [0.4, 0.5) is 8.78 Å². The second kappa shape index (κ2) is 5.75. The summed E-state index contributed by atoms with van der Waals surface area (Å²) in [5, 5.41) is 0. The monoisotopic (exact) mass is 269 g/mol. The second-order valence-corrected chi connectivity index (χ2v) is 5.00. The standard InChI is InChI=1S/C14H17F2NO2/c1-9-6-17(7-10(2)19-9)8-14(18)11-3-4-12(15)13(16)5-11/h3-5,9-10H,6-8H2,1-2H3.